The van der Waals surface area contributed by atoms with Crippen molar-refractivity contribution in [1.82, 2.24) is 10.2 Å². The van der Waals surface area contributed by atoms with Crippen molar-refractivity contribution >= 4 is 50.9 Å². The van der Waals surface area contributed by atoms with Gasteiger partial charge in [0.15, 0.2) is 6.61 Å². The van der Waals surface area contributed by atoms with Gasteiger partial charge in [0.2, 0.25) is 5.91 Å². The number of amides is 2. The molecule has 0 heterocycles. The van der Waals surface area contributed by atoms with E-state index in [0.29, 0.717) is 33.8 Å². The van der Waals surface area contributed by atoms with E-state index in [2.05, 4.69) is 21.2 Å². The third-order valence-corrected chi connectivity index (χ3v) is 6.18. The highest BCUT2D eigenvalue weighted by Crippen LogP contribution is 2.24. The van der Waals surface area contributed by atoms with Crippen LogP contribution < -0.4 is 10.1 Å². The molecule has 0 aromatic heterocycles. The molecule has 1 N–H and O–H groups in total. The van der Waals surface area contributed by atoms with Gasteiger partial charge in [-0.05, 0) is 61.2 Å². The molecule has 0 spiro atoms. The Morgan fingerprint density at radius 1 is 1.13 bits per heavy atom. The van der Waals surface area contributed by atoms with Crippen LogP contribution in [0.3, 0.4) is 0 Å². The van der Waals surface area contributed by atoms with Gasteiger partial charge in [-0.2, -0.15) is 0 Å². The summed E-state index contributed by atoms with van der Waals surface area (Å²) in [5.41, 5.74) is 1.69. The minimum Gasteiger partial charge on any atom is -0.484 e. The third kappa shape index (κ3) is 7.70. The highest BCUT2D eigenvalue weighted by atomic mass is 79.9. The van der Waals surface area contributed by atoms with E-state index >= 15 is 0 Å². The summed E-state index contributed by atoms with van der Waals surface area (Å²) in [5, 5.41) is 3.82. The van der Waals surface area contributed by atoms with Crippen LogP contribution in [0.4, 0.5) is 0 Å². The van der Waals surface area contributed by atoms with Crippen LogP contribution >= 0.6 is 39.1 Å². The molecule has 0 saturated heterocycles. The summed E-state index contributed by atoms with van der Waals surface area (Å²) >= 11 is 15.7. The summed E-state index contributed by atoms with van der Waals surface area (Å²) in [4.78, 5) is 27.2. The van der Waals surface area contributed by atoms with E-state index < -0.39 is 6.04 Å². The van der Waals surface area contributed by atoms with Gasteiger partial charge in [0.05, 0.1) is 0 Å². The third-order valence-electron chi connectivity index (χ3n) is 4.70. The summed E-state index contributed by atoms with van der Waals surface area (Å²) < 4.78 is 6.66. The van der Waals surface area contributed by atoms with Gasteiger partial charge in [0, 0.05) is 27.6 Å². The second-order valence-electron chi connectivity index (χ2n) is 7.77. The lowest BCUT2D eigenvalue weighted by atomic mass is 10.1. The number of aryl methyl sites for hydroxylation is 1. The van der Waals surface area contributed by atoms with Gasteiger partial charge < -0.3 is 15.0 Å². The highest BCUT2D eigenvalue weighted by Gasteiger charge is 2.27. The van der Waals surface area contributed by atoms with Crippen LogP contribution in [0.2, 0.25) is 10.0 Å². The largest absolute Gasteiger partial charge is 0.484 e. The summed E-state index contributed by atoms with van der Waals surface area (Å²) in [6, 6.07) is 9.86. The smallest absolute Gasteiger partial charge is 0.261 e. The van der Waals surface area contributed by atoms with Crippen LogP contribution in [0.25, 0.3) is 0 Å². The van der Waals surface area contributed by atoms with E-state index in [4.69, 9.17) is 27.9 Å². The van der Waals surface area contributed by atoms with Crippen molar-refractivity contribution in [3.05, 3.63) is 62.0 Å². The van der Waals surface area contributed by atoms with Crippen molar-refractivity contribution in [2.75, 3.05) is 13.2 Å². The van der Waals surface area contributed by atoms with Gasteiger partial charge in [0.25, 0.3) is 5.91 Å². The first-order valence-corrected chi connectivity index (χ1v) is 11.5. The van der Waals surface area contributed by atoms with E-state index in [1.807, 2.05) is 32.9 Å². The Morgan fingerprint density at radius 2 is 1.84 bits per heavy atom. The Morgan fingerprint density at radius 3 is 2.45 bits per heavy atom. The molecule has 0 unspecified atom stereocenters. The second kappa shape index (κ2) is 11.7. The molecular formula is C23H27BrCl2N2O3. The van der Waals surface area contributed by atoms with Gasteiger partial charge in [-0.3, -0.25) is 9.59 Å². The first-order valence-electron chi connectivity index (χ1n) is 9.98. The second-order valence-corrected chi connectivity index (χ2v) is 9.47. The lowest BCUT2D eigenvalue weighted by Crippen LogP contribution is -2.49. The standard InChI is InChI=1S/C23H27BrCl2N2O3/c1-14(2)11-27-23(30)16(4)28(12-17-5-6-18(25)10-21(17)26)22(29)13-31-19-7-8-20(24)15(3)9-19/h5-10,14,16H,11-13H2,1-4H3,(H,27,30)/t16-/m0/s1. The zero-order valence-electron chi connectivity index (χ0n) is 18.0. The SMILES string of the molecule is Cc1cc(OCC(=O)N(Cc2ccc(Cl)cc2Cl)[C@@H](C)C(=O)NCC(C)C)ccc1Br. The van der Waals surface area contributed by atoms with Crippen LogP contribution in [-0.2, 0) is 16.1 Å². The van der Waals surface area contributed by atoms with Crippen LogP contribution in [0.5, 0.6) is 5.75 Å². The lowest BCUT2D eigenvalue weighted by Gasteiger charge is -2.29. The Hall–Kier alpha value is -1.76. The summed E-state index contributed by atoms with van der Waals surface area (Å²) in [6.45, 7) is 8.14. The van der Waals surface area contributed by atoms with Crippen molar-refractivity contribution in [2.24, 2.45) is 5.92 Å². The zero-order chi connectivity index (χ0) is 23.1. The van der Waals surface area contributed by atoms with E-state index in [1.165, 1.54) is 4.90 Å². The molecule has 1 atom stereocenters. The fraction of sp³-hybridized carbons (Fsp3) is 0.391. The fourth-order valence-corrected chi connectivity index (χ4v) is 3.52. The van der Waals surface area contributed by atoms with Crippen LogP contribution in [-0.4, -0.2) is 35.9 Å². The monoisotopic (exact) mass is 528 g/mol. The number of nitrogens with zero attached hydrogens (tertiary/aromatic N) is 1. The average Bonchev–Trinajstić information content (AvgIpc) is 2.71. The Kier molecular flexibility index (Phi) is 9.66. The first-order chi connectivity index (χ1) is 14.6. The molecule has 0 saturated carbocycles. The van der Waals surface area contributed by atoms with Crippen molar-refractivity contribution in [2.45, 2.75) is 40.3 Å². The number of halogens is 3. The van der Waals surface area contributed by atoms with Crippen molar-refractivity contribution in [1.29, 1.82) is 0 Å². The molecule has 0 aliphatic heterocycles. The van der Waals surface area contributed by atoms with E-state index in [0.717, 1.165) is 10.0 Å². The molecule has 0 radical (unpaired) electrons. The van der Waals surface area contributed by atoms with Crippen molar-refractivity contribution in [3.63, 3.8) is 0 Å². The minimum absolute atomic E-state index is 0.161. The number of rotatable bonds is 9. The molecule has 0 aliphatic rings. The first kappa shape index (κ1) is 25.5. The highest BCUT2D eigenvalue weighted by molar-refractivity contribution is 9.10. The number of hydrogen-bond donors (Lipinski definition) is 1. The molecule has 5 nitrogen and oxygen atoms in total. The van der Waals surface area contributed by atoms with Crippen LogP contribution in [0.15, 0.2) is 40.9 Å². The van der Waals surface area contributed by atoms with Gasteiger partial charge >= 0.3 is 0 Å². The molecule has 2 rings (SSSR count). The fourth-order valence-electron chi connectivity index (χ4n) is 2.80. The van der Waals surface area contributed by atoms with Crippen LogP contribution in [0.1, 0.15) is 31.9 Å². The Bertz CT molecular complexity index is 937. The maximum Gasteiger partial charge on any atom is 0.261 e. The Labute approximate surface area is 202 Å². The zero-order valence-corrected chi connectivity index (χ0v) is 21.1. The maximum absolute atomic E-state index is 13.1. The number of ether oxygens (including phenoxy) is 1. The minimum atomic E-state index is -0.701. The number of benzene rings is 2. The van der Waals surface area contributed by atoms with E-state index in [9.17, 15) is 9.59 Å². The van der Waals surface area contributed by atoms with Crippen molar-refractivity contribution < 1.29 is 14.3 Å². The normalized spacial score (nSPS) is 11.9. The predicted molar refractivity (Wildman–Crippen MR) is 129 cm³/mol. The van der Waals surface area contributed by atoms with Gasteiger partial charge in [0.1, 0.15) is 11.8 Å². The van der Waals surface area contributed by atoms with Crippen molar-refractivity contribution in [3.8, 4) is 5.75 Å². The predicted octanol–water partition coefficient (Wildman–Crippen LogP) is 5.63. The van der Waals surface area contributed by atoms with Gasteiger partial charge in [-0.25, -0.2) is 0 Å². The lowest BCUT2D eigenvalue weighted by molar-refractivity contribution is -0.142. The summed E-state index contributed by atoms with van der Waals surface area (Å²) in [6.07, 6.45) is 0. The molecule has 2 amide bonds. The molecular weight excluding hydrogens is 503 g/mol. The van der Waals surface area contributed by atoms with Gasteiger partial charge in [-0.1, -0.05) is 59.0 Å². The van der Waals surface area contributed by atoms with Gasteiger partial charge in [-0.15, -0.1) is 0 Å². The average molecular weight is 530 g/mol. The molecule has 31 heavy (non-hydrogen) atoms. The molecule has 2 aromatic rings. The molecule has 0 aliphatic carbocycles. The van der Waals surface area contributed by atoms with Crippen LogP contribution in [0, 0.1) is 12.8 Å². The Balaban J connectivity index is 2.19. The molecule has 168 valence electrons. The molecule has 2 aromatic carbocycles. The number of carbonyl (C=O) groups is 2. The summed E-state index contributed by atoms with van der Waals surface area (Å²) in [5.74, 6) is 0.329. The number of carbonyl (C=O) groups excluding carboxylic acids is 2. The topological polar surface area (TPSA) is 58.6 Å². The number of nitrogens with one attached hydrogen (secondary N) is 1. The number of hydrogen-bond acceptors (Lipinski definition) is 3. The van der Waals surface area contributed by atoms with E-state index in [1.54, 1.807) is 31.2 Å². The molecule has 8 heteroatoms. The van der Waals surface area contributed by atoms with E-state index in [-0.39, 0.29) is 25.0 Å². The maximum atomic E-state index is 13.1. The quantitative estimate of drug-likeness (QED) is 0.457. The molecule has 0 bridgehead atoms. The molecule has 0 fully saturated rings. The summed E-state index contributed by atoms with van der Waals surface area (Å²) in [7, 11) is 0.